The Hall–Kier alpha value is -2.86. The lowest BCUT2D eigenvalue weighted by molar-refractivity contribution is -0.118. The summed E-state index contributed by atoms with van der Waals surface area (Å²) in [7, 11) is 2.10. The molecule has 2 heterocycles. The predicted octanol–water partition coefficient (Wildman–Crippen LogP) is 2.50. The number of imidazole rings is 1. The molecule has 0 radical (unpaired) electrons. The van der Waals surface area contributed by atoms with E-state index in [1.807, 2.05) is 48.5 Å². The van der Waals surface area contributed by atoms with E-state index < -0.39 is 0 Å². The van der Waals surface area contributed by atoms with Crippen molar-refractivity contribution >= 4 is 22.6 Å². The van der Waals surface area contributed by atoms with Crippen LogP contribution in [0.3, 0.4) is 0 Å². The van der Waals surface area contributed by atoms with Crippen LogP contribution in [0.1, 0.15) is 5.82 Å². The monoisotopic (exact) mass is 336 g/mol. The average molecular weight is 336 g/mol. The zero-order valence-corrected chi connectivity index (χ0v) is 14.1. The molecule has 25 heavy (non-hydrogen) atoms. The number of fused-ring (bicyclic) bond motifs is 3. The Morgan fingerprint density at radius 1 is 1.20 bits per heavy atom. The van der Waals surface area contributed by atoms with E-state index in [0.29, 0.717) is 5.75 Å². The minimum absolute atomic E-state index is 0.0213. The highest BCUT2D eigenvalue weighted by atomic mass is 16.5. The number of ether oxygens (including phenoxy) is 1. The summed E-state index contributed by atoms with van der Waals surface area (Å²) in [5, 5.41) is 2.87. The molecule has 6 nitrogen and oxygen atoms in total. The molecule has 0 spiro atoms. The van der Waals surface area contributed by atoms with Gasteiger partial charge < -0.3 is 14.6 Å². The Morgan fingerprint density at radius 2 is 2.04 bits per heavy atom. The van der Waals surface area contributed by atoms with Gasteiger partial charge in [0.05, 0.1) is 17.6 Å². The van der Waals surface area contributed by atoms with E-state index in [2.05, 4.69) is 21.8 Å². The number of likely N-dealkylation sites (N-methyl/N-ethyl adjacent to an activating group) is 1. The van der Waals surface area contributed by atoms with Crippen LogP contribution >= 0.6 is 0 Å². The van der Waals surface area contributed by atoms with Gasteiger partial charge in [0.25, 0.3) is 5.91 Å². The van der Waals surface area contributed by atoms with Crippen LogP contribution < -0.4 is 10.1 Å². The molecule has 1 amide bonds. The van der Waals surface area contributed by atoms with Crippen molar-refractivity contribution in [3.8, 4) is 5.75 Å². The van der Waals surface area contributed by atoms with E-state index in [1.165, 1.54) is 0 Å². The fourth-order valence-electron chi connectivity index (χ4n) is 3.08. The standard InChI is InChI=1S/C19H20N4O2/c1-22-9-10-23-17-8-7-14(11-16(17)21-18(23)12-22)20-19(24)13-25-15-5-3-2-4-6-15/h2-8,11H,9-10,12-13H2,1H3,(H,20,24). The highest BCUT2D eigenvalue weighted by Gasteiger charge is 2.17. The number of benzene rings is 2. The van der Waals surface area contributed by atoms with Gasteiger partial charge in [-0.25, -0.2) is 4.98 Å². The number of carbonyl (C=O) groups is 1. The molecule has 1 aliphatic heterocycles. The van der Waals surface area contributed by atoms with E-state index in [9.17, 15) is 4.79 Å². The number of anilines is 1. The zero-order valence-electron chi connectivity index (χ0n) is 14.1. The van der Waals surface area contributed by atoms with Crippen molar-refractivity contribution in [2.75, 3.05) is 25.5 Å². The number of nitrogens with one attached hydrogen (secondary N) is 1. The summed E-state index contributed by atoms with van der Waals surface area (Å²) in [4.78, 5) is 19.0. The van der Waals surface area contributed by atoms with Crippen molar-refractivity contribution < 1.29 is 9.53 Å². The number of amides is 1. The average Bonchev–Trinajstić information content (AvgIpc) is 2.97. The summed E-state index contributed by atoms with van der Waals surface area (Å²) in [6.07, 6.45) is 0. The summed E-state index contributed by atoms with van der Waals surface area (Å²) in [5.74, 6) is 1.56. The molecule has 4 rings (SSSR count). The molecule has 0 aliphatic carbocycles. The smallest absolute Gasteiger partial charge is 0.262 e. The van der Waals surface area contributed by atoms with Crippen molar-refractivity contribution in [2.24, 2.45) is 0 Å². The Bertz CT molecular complexity index is 904. The van der Waals surface area contributed by atoms with Gasteiger partial charge in [0.15, 0.2) is 6.61 Å². The summed E-state index contributed by atoms with van der Waals surface area (Å²) >= 11 is 0. The zero-order chi connectivity index (χ0) is 17.2. The van der Waals surface area contributed by atoms with Crippen molar-refractivity contribution in [2.45, 2.75) is 13.1 Å². The molecular formula is C19H20N4O2. The van der Waals surface area contributed by atoms with Gasteiger partial charge >= 0.3 is 0 Å². The van der Waals surface area contributed by atoms with Gasteiger partial charge in [-0.2, -0.15) is 0 Å². The van der Waals surface area contributed by atoms with Crippen molar-refractivity contribution in [1.29, 1.82) is 0 Å². The highest BCUT2D eigenvalue weighted by molar-refractivity contribution is 5.94. The van der Waals surface area contributed by atoms with Gasteiger partial charge in [-0.15, -0.1) is 0 Å². The molecule has 1 N–H and O–H groups in total. The summed E-state index contributed by atoms with van der Waals surface area (Å²) in [5.41, 5.74) is 2.76. The molecule has 0 bridgehead atoms. The van der Waals surface area contributed by atoms with E-state index in [-0.39, 0.29) is 12.5 Å². The third-order valence-corrected chi connectivity index (χ3v) is 4.34. The lowest BCUT2D eigenvalue weighted by Gasteiger charge is -2.23. The van der Waals surface area contributed by atoms with Crippen LogP contribution in [0.15, 0.2) is 48.5 Å². The van der Waals surface area contributed by atoms with Crippen LogP contribution in [-0.4, -0.2) is 40.6 Å². The molecular weight excluding hydrogens is 316 g/mol. The molecule has 1 aromatic heterocycles. The molecule has 0 saturated carbocycles. The normalized spacial score (nSPS) is 14.3. The number of aromatic nitrogens is 2. The summed E-state index contributed by atoms with van der Waals surface area (Å²) in [6, 6.07) is 15.2. The van der Waals surface area contributed by atoms with Crippen LogP contribution in [0.25, 0.3) is 11.0 Å². The molecule has 128 valence electrons. The lowest BCUT2D eigenvalue weighted by Crippen LogP contribution is -2.30. The van der Waals surface area contributed by atoms with Gasteiger partial charge in [0.2, 0.25) is 0 Å². The number of rotatable bonds is 4. The Labute approximate surface area is 146 Å². The molecule has 3 aromatic rings. The number of para-hydroxylation sites is 1. The first-order valence-electron chi connectivity index (χ1n) is 8.34. The topological polar surface area (TPSA) is 59.4 Å². The SMILES string of the molecule is CN1CCn2c(nc3cc(NC(=O)COc4ccccc4)ccc32)C1. The molecule has 2 aromatic carbocycles. The van der Waals surface area contributed by atoms with E-state index >= 15 is 0 Å². The second kappa shape index (κ2) is 6.57. The second-order valence-corrected chi connectivity index (χ2v) is 6.27. The fraction of sp³-hybridized carbons (Fsp3) is 0.263. The first-order chi connectivity index (χ1) is 12.2. The molecule has 1 aliphatic rings. The van der Waals surface area contributed by atoms with Gasteiger partial charge in [0, 0.05) is 18.8 Å². The maximum atomic E-state index is 12.1. The van der Waals surface area contributed by atoms with Gasteiger partial charge in [-0.05, 0) is 37.4 Å². The van der Waals surface area contributed by atoms with Crippen molar-refractivity contribution in [3.05, 3.63) is 54.4 Å². The Kier molecular flexibility index (Phi) is 4.11. The predicted molar refractivity (Wildman–Crippen MR) is 96.6 cm³/mol. The van der Waals surface area contributed by atoms with E-state index in [4.69, 9.17) is 9.72 Å². The number of nitrogens with zero attached hydrogens (tertiary/aromatic N) is 3. The van der Waals surface area contributed by atoms with Gasteiger partial charge in [0.1, 0.15) is 11.6 Å². The third kappa shape index (κ3) is 3.34. The van der Waals surface area contributed by atoms with Crippen LogP contribution in [0.2, 0.25) is 0 Å². The first-order valence-corrected chi connectivity index (χ1v) is 8.34. The molecule has 0 atom stereocenters. The molecule has 0 unspecified atom stereocenters. The molecule has 6 heteroatoms. The Morgan fingerprint density at radius 3 is 2.88 bits per heavy atom. The van der Waals surface area contributed by atoms with E-state index in [0.717, 1.165) is 42.2 Å². The quantitative estimate of drug-likeness (QED) is 0.795. The largest absolute Gasteiger partial charge is 0.484 e. The number of carbonyl (C=O) groups excluding carboxylic acids is 1. The second-order valence-electron chi connectivity index (χ2n) is 6.27. The fourth-order valence-corrected chi connectivity index (χ4v) is 3.08. The number of hydrogen-bond acceptors (Lipinski definition) is 4. The Balaban J connectivity index is 1.45. The van der Waals surface area contributed by atoms with Gasteiger partial charge in [-0.1, -0.05) is 18.2 Å². The van der Waals surface area contributed by atoms with Crippen LogP contribution in [0.4, 0.5) is 5.69 Å². The minimum atomic E-state index is -0.188. The maximum Gasteiger partial charge on any atom is 0.262 e. The molecule has 0 fully saturated rings. The molecule has 0 saturated heterocycles. The third-order valence-electron chi connectivity index (χ3n) is 4.34. The first kappa shape index (κ1) is 15.7. The van der Waals surface area contributed by atoms with Crippen LogP contribution in [0.5, 0.6) is 5.75 Å². The van der Waals surface area contributed by atoms with Crippen molar-refractivity contribution in [1.82, 2.24) is 14.5 Å². The lowest BCUT2D eigenvalue weighted by atomic mass is 10.2. The minimum Gasteiger partial charge on any atom is -0.484 e. The van der Waals surface area contributed by atoms with Crippen molar-refractivity contribution in [3.63, 3.8) is 0 Å². The summed E-state index contributed by atoms with van der Waals surface area (Å²) < 4.78 is 7.72. The van der Waals surface area contributed by atoms with Crippen LogP contribution in [-0.2, 0) is 17.9 Å². The van der Waals surface area contributed by atoms with Crippen LogP contribution in [0, 0.1) is 0 Å². The number of hydrogen-bond donors (Lipinski definition) is 1. The van der Waals surface area contributed by atoms with E-state index in [1.54, 1.807) is 0 Å². The van der Waals surface area contributed by atoms with Gasteiger partial charge in [-0.3, -0.25) is 9.69 Å². The highest BCUT2D eigenvalue weighted by Crippen LogP contribution is 2.23. The maximum absolute atomic E-state index is 12.1. The summed E-state index contributed by atoms with van der Waals surface area (Å²) in [6.45, 7) is 2.79.